The minimum absolute atomic E-state index is 0.432. The van der Waals surface area contributed by atoms with E-state index in [4.69, 9.17) is 9.31 Å². The lowest BCUT2D eigenvalue weighted by atomic mass is 9.73. The molecule has 7 rings (SSSR count). The van der Waals surface area contributed by atoms with Gasteiger partial charge in [-0.2, -0.15) is 0 Å². The topological polar surface area (TPSA) is 18.5 Å². The summed E-state index contributed by atoms with van der Waals surface area (Å²) in [5.41, 5.74) is 5.21. The average molecular weight is 537 g/mol. The predicted octanol–water partition coefficient (Wildman–Crippen LogP) is 5.01. The number of fused-ring (bicyclic) bond motifs is 3. The summed E-state index contributed by atoms with van der Waals surface area (Å²) in [4.78, 5) is 0. The van der Waals surface area contributed by atoms with E-state index in [1.807, 2.05) is 0 Å². The third-order valence-corrected chi connectivity index (χ3v) is 14.0. The molecular weight excluding hydrogens is 503 g/mol. The molecule has 5 aromatic carbocycles. The van der Waals surface area contributed by atoms with Crippen molar-refractivity contribution in [3.63, 3.8) is 0 Å². The standard InChI is InChI=1S/C36H33BO2Si/c1-35(2)36(3,4)39-37(38-35)31-24-27(26-16-8-5-9-17-26)25-33-34(31)30-22-14-15-23-32(30)40(33,28-18-10-6-11-19-28)29-20-12-7-13-21-29/h5-25H,1-4H3. The molecule has 196 valence electrons. The molecule has 0 radical (unpaired) electrons. The first-order chi connectivity index (χ1) is 19.3. The van der Waals surface area contributed by atoms with E-state index in [1.165, 1.54) is 43.0 Å². The Labute approximate surface area is 238 Å². The van der Waals surface area contributed by atoms with Crippen LogP contribution in [0.3, 0.4) is 0 Å². The number of hydrogen-bond acceptors (Lipinski definition) is 2. The lowest BCUT2D eigenvalue weighted by Crippen LogP contribution is -2.73. The number of hydrogen-bond donors (Lipinski definition) is 0. The zero-order chi connectivity index (χ0) is 27.5. The van der Waals surface area contributed by atoms with Crippen molar-refractivity contribution in [1.29, 1.82) is 0 Å². The summed E-state index contributed by atoms with van der Waals surface area (Å²) >= 11 is 0. The van der Waals surface area contributed by atoms with Gasteiger partial charge in [-0.1, -0.05) is 127 Å². The Kier molecular flexibility index (Phi) is 5.80. The first-order valence-electron chi connectivity index (χ1n) is 14.1. The van der Waals surface area contributed by atoms with Gasteiger partial charge in [0, 0.05) is 0 Å². The van der Waals surface area contributed by atoms with Gasteiger partial charge in [0.1, 0.15) is 0 Å². The van der Waals surface area contributed by atoms with E-state index >= 15 is 0 Å². The van der Waals surface area contributed by atoms with E-state index in [-0.39, 0.29) is 0 Å². The highest BCUT2D eigenvalue weighted by Gasteiger charge is 2.55. The average Bonchev–Trinajstić information content (AvgIpc) is 3.40. The van der Waals surface area contributed by atoms with Gasteiger partial charge in [-0.3, -0.25) is 0 Å². The molecule has 2 nitrogen and oxygen atoms in total. The van der Waals surface area contributed by atoms with Crippen LogP contribution in [0.5, 0.6) is 0 Å². The third-order valence-electron chi connectivity index (χ3n) is 9.20. The second kappa shape index (κ2) is 9.17. The van der Waals surface area contributed by atoms with Crippen LogP contribution in [-0.2, 0) is 9.31 Å². The van der Waals surface area contributed by atoms with Gasteiger partial charge < -0.3 is 9.31 Å². The second-order valence-electron chi connectivity index (χ2n) is 12.0. The van der Waals surface area contributed by atoms with Gasteiger partial charge in [0.15, 0.2) is 8.07 Å². The van der Waals surface area contributed by atoms with Crippen molar-refractivity contribution in [3.05, 3.63) is 127 Å². The van der Waals surface area contributed by atoms with Crippen LogP contribution in [0.4, 0.5) is 0 Å². The molecule has 0 bridgehead atoms. The van der Waals surface area contributed by atoms with Crippen molar-refractivity contribution in [1.82, 2.24) is 0 Å². The molecule has 1 saturated heterocycles. The molecule has 0 aromatic heterocycles. The van der Waals surface area contributed by atoms with Gasteiger partial charge >= 0.3 is 7.12 Å². The first kappa shape index (κ1) is 25.3. The van der Waals surface area contributed by atoms with Crippen molar-refractivity contribution in [2.24, 2.45) is 0 Å². The van der Waals surface area contributed by atoms with Crippen LogP contribution in [0.1, 0.15) is 27.7 Å². The number of rotatable bonds is 4. The third kappa shape index (κ3) is 3.63. The molecule has 2 aliphatic rings. The molecule has 2 aliphatic heterocycles. The molecule has 2 heterocycles. The maximum atomic E-state index is 6.75. The summed E-state index contributed by atoms with van der Waals surface area (Å²) < 4.78 is 13.5. The summed E-state index contributed by atoms with van der Waals surface area (Å²) in [5.74, 6) is 0. The van der Waals surface area contributed by atoms with Gasteiger partial charge in [0.2, 0.25) is 0 Å². The maximum absolute atomic E-state index is 6.75. The Morgan fingerprint density at radius 1 is 0.525 bits per heavy atom. The van der Waals surface area contributed by atoms with Gasteiger partial charge in [-0.15, -0.1) is 0 Å². The van der Waals surface area contributed by atoms with Gasteiger partial charge in [0.25, 0.3) is 0 Å². The largest absolute Gasteiger partial charge is 0.495 e. The monoisotopic (exact) mass is 536 g/mol. The van der Waals surface area contributed by atoms with E-state index in [0.29, 0.717) is 0 Å². The molecule has 0 amide bonds. The van der Waals surface area contributed by atoms with E-state index in [2.05, 4.69) is 155 Å². The van der Waals surface area contributed by atoms with Crippen molar-refractivity contribution < 1.29 is 9.31 Å². The molecule has 0 N–H and O–H groups in total. The van der Waals surface area contributed by atoms with Crippen molar-refractivity contribution >= 4 is 41.4 Å². The number of benzene rings is 5. The van der Waals surface area contributed by atoms with Crippen molar-refractivity contribution in [3.8, 4) is 22.3 Å². The molecule has 0 atom stereocenters. The lowest BCUT2D eigenvalue weighted by Gasteiger charge is -2.32. The summed E-state index contributed by atoms with van der Waals surface area (Å²) in [5, 5.41) is 5.59. The van der Waals surface area contributed by atoms with Crippen LogP contribution in [0, 0.1) is 0 Å². The van der Waals surface area contributed by atoms with E-state index in [9.17, 15) is 0 Å². The second-order valence-corrected chi connectivity index (χ2v) is 15.7. The molecule has 0 unspecified atom stereocenters. The minimum atomic E-state index is -2.65. The van der Waals surface area contributed by atoms with Gasteiger partial charge in [-0.05, 0) is 76.2 Å². The molecule has 0 spiro atoms. The van der Waals surface area contributed by atoms with Gasteiger partial charge in [-0.25, -0.2) is 0 Å². The molecule has 4 heteroatoms. The minimum Gasteiger partial charge on any atom is -0.399 e. The Morgan fingerprint density at radius 2 is 1.02 bits per heavy atom. The fourth-order valence-electron chi connectivity index (χ4n) is 6.55. The smallest absolute Gasteiger partial charge is 0.399 e. The van der Waals surface area contributed by atoms with E-state index < -0.39 is 26.4 Å². The Morgan fingerprint density at radius 3 is 1.60 bits per heavy atom. The SMILES string of the molecule is CC1(C)OB(c2cc(-c3ccccc3)cc3c2-c2ccccc2[Si]3(c2ccccc2)c2ccccc2)OC1(C)C. The molecule has 0 aliphatic carbocycles. The summed E-state index contributed by atoms with van der Waals surface area (Å²) in [6, 6.07) is 46.8. The molecule has 0 saturated carbocycles. The molecule has 40 heavy (non-hydrogen) atoms. The van der Waals surface area contributed by atoms with Crippen LogP contribution in [0.15, 0.2) is 127 Å². The van der Waals surface area contributed by atoms with E-state index in [1.54, 1.807) is 0 Å². The normalized spacial score (nSPS) is 17.9. The quantitative estimate of drug-likeness (QED) is 0.295. The Hall–Kier alpha value is -3.70. The predicted molar refractivity (Wildman–Crippen MR) is 170 cm³/mol. The van der Waals surface area contributed by atoms with Crippen molar-refractivity contribution in [2.45, 2.75) is 38.9 Å². The molecule has 1 fully saturated rings. The highest BCUT2D eigenvalue weighted by Crippen LogP contribution is 2.39. The van der Waals surface area contributed by atoms with Crippen LogP contribution in [-0.4, -0.2) is 26.4 Å². The summed E-state index contributed by atoms with van der Waals surface area (Å²) in [6.45, 7) is 8.54. The maximum Gasteiger partial charge on any atom is 0.495 e. The van der Waals surface area contributed by atoms with Gasteiger partial charge in [0.05, 0.1) is 11.2 Å². The summed E-state index contributed by atoms with van der Waals surface area (Å²) in [6.07, 6.45) is 0. The Balaban J connectivity index is 1.62. The van der Waals surface area contributed by atoms with Crippen LogP contribution >= 0.6 is 0 Å². The molecular formula is C36H33BO2Si. The fourth-order valence-corrected chi connectivity index (χ4v) is 11.8. The highest BCUT2D eigenvalue weighted by atomic mass is 28.3. The summed E-state index contributed by atoms with van der Waals surface area (Å²) in [7, 11) is -3.12. The fraction of sp³-hybridized carbons (Fsp3) is 0.167. The van der Waals surface area contributed by atoms with Crippen LogP contribution in [0.25, 0.3) is 22.3 Å². The first-order valence-corrected chi connectivity index (χ1v) is 16.1. The zero-order valence-corrected chi connectivity index (χ0v) is 24.5. The highest BCUT2D eigenvalue weighted by molar-refractivity contribution is 7.22. The Bertz CT molecular complexity index is 1640. The van der Waals surface area contributed by atoms with E-state index in [0.717, 1.165) is 5.46 Å². The van der Waals surface area contributed by atoms with Crippen LogP contribution in [0.2, 0.25) is 0 Å². The zero-order valence-electron chi connectivity index (χ0n) is 23.5. The van der Waals surface area contributed by atoms with Crippen LogP contribution < -0.4 is 26.2 Å². The van der Waals surface area contributed by atoms with Crippen molar-refractivity contribution in [2.75, 3.05) is 0 Å². The molecule has 5 aromatic rings. The lowest BCUT2D eigenvalue weighted by molar-refractivity contribution is 0.00578.